The van der Waals surface area contributed by atoms with Gasteiger partial charge in [-0.2, -0.15) is 0 Å². The van der Waals surface area contributed by atoms with Crippen LogP contribution in [0.25, 0.3) is 0 Å². The maximum Gasteiger partial charge on any atom is 0.303 e. The summed E-state index contributed by atoms with van der Waals surface area (Å²) in [7, 11) is 0. The zero-order chi connectivity index (χ0) is 5.70. The van der Waals surface area contributed by atoms with Crippen molar-refractivity contribution < 1.29 is 34.2 Å². The number of carboxylic acid groups (broad SMARTS) is 1. The van der Waals surface area contributed by atoms with E-state index in [2.05, 4.69) is 0 Å². The quantitative estimate of drug-likeness (QED) is 0.477. The van der Waals surface area contributed by atoms with Crippen molar-refractivity contribution in [3.8, 4) is 0 Å². The Kier molecular flexibility index (Phi) is 9.04. The number of hydrogen-bond donors (Lipinski definition) is 1. The van der Waals surface area contributed by atoms with E-state index in [9.17, 15) is 9.59 Å². The minimum atomic E-state index is -0.924. The van der Waals surface area contributed by atoms with Crippen LogP contribution in [-0.4, -0.2) is 17.4 Å². The van der Waals surface area contributed by atoms with Crippen molar-refractivity contribution in [1.29, 1.82) is 0 Å². The van der Waals surface area contributed by atoms with Gasteiger partial charge in [0.15, 0.2) is 0 Å². The van der Waals surface area contributed by atoms with E-state index in [0.717, 1.165) is 0 Å². The molecule has 0 saturated heterocycles. The molecule has 0 aliphatic carbocycles. The van der Waals surface area contributed by atoms with Gasteiger partial charge < -0.3 is 9.90 Å². The molecule has 1 N–H and O–H groups in total. The van der Waals surface area contributed by atoms with Crippen molar-refractivity contribution in [3.05, 3.63) is 0 Å². The van der Waals surface area contributed by atoms with Gasteiger partial charge in [-0.25, -0.2) is 0 Å². The van der Waals surface area contributed by atoms with Crippen LogP contribution in [0, 0.1) is 0 Å². The molecule has 42 valence electrons. The van der Waals surface area contributed by atoms with Crippen molar-refractivity contribution >= 4 is 12.3 Å². The van der Waals surface area contributed by atoms with Crippen molar-refractivity contribution in [1.82, 2.24) is 0 Å². The summed E-state index contributed by atoms with van der Waals surface area (Å²) in [4.78, 5) is 19.0. The molecule has 0 amide bonds. The van der Waals surface area contributed by atoms with E-state index in [4.69, 9.17) is 5.11 Å². The molecule has 0 heterocycles. The topological polar surface area (TPSA) is 54.4 Å². The van der Waals surface area contributed by atoms with E-state index < -0.39 is 5.97 Å². The molecule has 8 heavy (non-hydrogen) atoms. The van der Waals surface area contributed by atoms with Crippen LogP contribution in [-0.2, 0) is 29.1 Å². The molecular formula is C4H6O3Zn. The van der Waals surface area contributed by atoms with Gasteiger partial charge in [0.2, 0.25) is 0 Å². The predicted octanol–water partition coefficient (Wildman–Crippen LogP) is 0.0476. The van der Waals surface area contributed by atoms with Gasteiger partial charge >= 0.3 is 5.97 Å². The number of hydrogen-bond acceptors (Lipinski definition) is 2. The fourth-order valence-electron chi connectivity index (χ4n) is 0.182. The molecule has 0 fully saturated rings. The molecule has 4 heteroatoms. The maximum absolute atomic E-state index is 9.60. The number of carboxylic acids is 1. The van der Waals surface area contributed by atoms with E-state index in [1.807, 2.05) is 0 Å². The molecule has 0 aliphatic rings. The van der Waals surface area contributed by atoms with Crippen LogP contribution in [0.3, 0.4) is 0 Å². The zero-order valence-electron chi connectivity index (χ0n) is 4.46. The molecule has 0 saturated carbocycles. The Balaban J connectivity index is 0. The Bertz CT molecular complexity index is 81.4. The number of aliphatic carboxylic acids is 1. The van der Waals surface area contributed by atoms with Gasteiger partial charge in [-0.3, -0.25) is 4.79 Å². The van der Waals surface area contributed by atoms with Gasteiger partial charge in [0, 0.05) is 25.9 Å². The summed E-state index contributed by atoms with van der Waals surface area (Å²) in [6, 6.07) is 0. The summed E-state index contributed by atoms with van der Waals surface area (Å²) < 4.78 is 0. The third kappa shape index (κ3) is 9.23. The molecule has 0 radical (unpaired) electrons. The van der Waals surface area contributed by atoms with E-state index >= 15 is 0 Å². The molecule has 0 rings (SSSR count). The Morgan fingerprint density at radius 2 is 2.12 bits per heavy atom. The SMILES string of the molecule is O=CCCC(=O)O.[Zn]. The minimum Gasteiger partial charge on any atom is -0.481 e. The molecule has 3 nitrogen and oxygen atoms in total. The van der Waals surface area contributed by atoms with Crippen molar-refractivity contribution in [2.75, 3.05) is 0 Å². The number of carbonyl (C=O) groups excluding carboxylic acids is 1. The first kappa shape index (κ1) is 10.7. The smallest absolute Gasteiger partial charge is 0.303 e. The monoisotopic (exact) mass is 166 g/mol. The van der Waals surface area contributed by atoms with Crippen LogP contribution in [0.5, 0.6) is 0 Å². The molecule has 0 aromatic rings. The summed E-state index contributed by atoms with van der Waals surface area (Å²) in [5.74, 6) is -0.924. The maximum atomic E-state index is 9.60. The Labute approximate surface area is 59.8 Å². The van der Waals surface area contributed by atoms with Gasteiger partial charge in [-0.1, -0.05) is 0 Å². The average molecular weight is 167 g/mol. The Morgan fingerprint density at radius 3 is 2.25 bits per heavy atom. The van der Waals surface area contributed by atoms with Crippen molar-refractivity contribution in [3.63, 3.8) is 0 Å². The summed E-state index contributed by atoms with van der Waals surface area (Å²) in [5.41, 5.74) is 0. The van der Waals surface area contributed by atoms with Crippen LogP contribution < -0.4 is 0 Å². The van der Waals surface area contributed by atoms with Gasteiger partial charge in [0.05, 0.1) is 6.42 Å². The third-order valence-electron chi connectivity index (χ3n) is 0.476. The van der Waals surface area contributed by atoms with Gasteiger partial charge in [0.25, 0.3) is 0 Å². The molecule has 0 aromatic carbocycles. The first-order valence-corrected chi connectivity index (χ1v) is 1.93. The standard InChI is InChI=1S/C4H6O3.Zn/c5-3-1-2-4(6)7;/h3H,1-2H2,(H,6,7);. The van der Waals surface area contributed by atoms with Gasteiger partial charge in [-0.05, 0) is 0 Å². The van der Waals surface area contributed by atoms with Crippen LogP contribution >= 0.6 is 0 Å². The minimum absolute atomic E-state index is 0. The molecule has 0 bridgehead atoms. The Hall–Kier alpha value is -0.237. The molecule has 0 spiro atoms. The zero-order valence-corrected chi connectivity index (χ0v) is 7.43. The van der Waals surface area contributed by atoms with Crippen LogP contribution in [0.2, 0.25) is 0 Å². The summed E-state index contributed by atoms with van der Waals surface area (Å²) in [6.07, 6.45) is 0.660. The molecule has 0 unspecified atom stereocenters. The molecule has 0 aliphatic heterocycles. The van der Waals surface area contributed by atoms with Crippen molar-refractivity contribution in [2.45, 2.75) is 12.8 Å². The van der Waals surface area contributed by atoms with E-state index in [0.29, 0.717) is 6.29 Å². The van der Waals surface area contributed by atoms with Gasteiger partial charge in [0.1, 0.15) is 6.29 Å². The van der Waals surface area contributed by atoms with Crippen LogP contribution in [0.1, 0.15) is 12.8 Å². The fraction of sp³-hybridized carbons (Fsp3) is 0.500. The van der Waals surface area contributed by atoms with E-state index in [-0.39, 0.29) is 32.3 Å². The Morgan fingerprint density at radius 1 is 1.62 bits per heavy atom. The van der Waals surface area contributed by atoms with Crippen LogP contribution in [0.15, 0.2) is 0 Å². The predicted molar refractivity (Wildman–Crippen MR) is 22.9 cm³/mol. The number of rotatable bonds is 3. The average Bonchev–Trinajstić information content (AvgIpc) is 1.61. The number of aldehydes is 1. The van der Waals surface area contributed by atoms with Crippen molar-refractivity contribution in [2.24, 2.45) is 0 Å². The largest absolute Gasteiger partial charge is 0.481 e. The first-order chi connectivity index (χ1) is 3.27. The summed E-state index contributed by atoms with van der Waals surface area (Å²) >= 11 is 0. The van der Waals surface area contributed by atoms with Crippen LogP contribution in [0.4, 0.5) is 0 Å². The number of carbonyl (C=O) groups is 2. The fourth-order valence-corrected chi connectivity index (χ4v) is 0.182. The molecular weight excluding hydrogens is 161 g/mol. The molecule has 0 aromatic heterocycles. The third-order valence-corrected chi connectivity index (χ3v) is 0.476. The van der Waals surface area contributed by atoms with Gasteiger partial charge in [-0.15, -0.1) is 0 Å². The normalized spacial score (nSPS) is 7.00. The summed E-state index contributed by atoms with van der Waals surface area (Å²) in [6.45, 7) is 0. The second kappa shape index (κ2) is 6.76. The second-order valence-corrected chi connectivity index (χ2v) is 1.10. The van der Waals surface area contributed by atoms with E-state index in [1.165, 1.54) is 0 Å². The molecule has 0 atom stereocenters. The van der Waals surface area contributed by atoms with E-state index in [1.54, 1.807) is 0 Å². The second-order valence-electron chi connectivity index (χ2n) is 1.10. The first-order valence-electron chi connectivity index (χ1n) is 1.93. The summed E-state index contributed by atoms with van der Waals surface area (Å²) in [5, 5.41) is 7.89.